The summed E-state index contributed by atoms with van der Waals surface area (Å²) in [4.78, 5) is 14.8. The number of ether oxygens (including phenoxy) is 2. The van der Waals surface area contributed by atoms with E-state index in [0.29, 0.717) is 24.3 Å². The van der Waals surface area contributed by atoms with E-state index in [1.165, 1.54) is 0 Å². The van der Waals surface area contributed by atoms with Gasteiger partial charge in [-0.15, -0.1) is 0 Å². The number of likely N-dealkylation sites (N-methyl/N-ethyl adjacent to an activating group) is 1. The van der Waals surface area contributed by atoms with E-state index in [1.807, 2.05) is 30.3 Å². The number of hydrogen-bond donors (Lipinski definition) is 1. The molecule has 1 aromatic carbocycles. The summed E-state index contributed by atoms with van der Waals surface area (Å²) < 4.78 is 11.4. The highest BCUT2D eigenvalue weighted by Crippen LogP contribution is 2.48. The molecule has 1 N–H and O–H groups in total. The number of carbonyl (C=O) groups is 1. The van der Waals surface area contributed by atoms with Crippen LogP contribution in [-0.4, -0.2) is 60.0 Å². The van der Waals surface area contributed by atoms with E-state index < -0.39 is 5.92 Å². The molecule has 0 aliphatic carbocycles. The van der Waals surface area contributed by atoms with Crippen molar-refractivity contribution in [2.75, 3.05) is 13.7 Å². The molecule has 3 aliphatic rings. The minimum absolute atomic E-state index is 0.0622. The average Bonchev–Trinajstić information content (AvgIpc) is 3.27. The minimum Gasteiger partial charge on any atom is -0.462 e. The third kappa shape index (κ3) is 2.24. The number of morpholine rings is 1. The van der Waals surface area contributed by atoms with Crippen molar-refractivity contribution in [1.82, 2.24) is 4.90 Å². The number of esters is 1. The quantitative estimate of drug-likeness (QED) is 0.662. The van der Waals surface area contributed by atoms with Gasteiger partial charge in [-0.25, -0.2) is 0 Å². The lowest BCUT2D eigenvalue weighted by Gasteiger charge is -2.38. The Kier molecular flexibility index (Phi) is 3.44. The standard InChI is InChI=1S/C17H21NO4/c1-18-13-7-11(8-14(18)16-15(13)22-16)21-17(20)12(9-19)10-5-3-2-4-6-10/h2-6,11-16,19H,7-9H2,1H3/t11-,12-,13-,14+,15?,16?/m1/s1. The molecule has 5 heteroatoms. The second kappa shape index (κ2) is 5.33. The van der Waals surface area contributed by atoms with E-state index in [-0.39, 0.29) is 18.7 Å². The fourth-order valence-corrected chi connectivity index (χ4v) is 4.04. The summed E-state index contributed by atoms with van der Waals surface area (Å²) in [6.45, 7) is -0.226. The van der Waals surface area contributed by atoms with Gasteiger partial charge in [0, 0.05) is 24.9 Å². The van der Waals surface area contributed by atoms with Gasteiger partial charge in [0.25, 0.3) is 0 Å². The highest BCUT2D eigenvalue weighted by atomic mass is 16.6. The molecule has 2 unspecified atom stereocenters. The van der Waals surface area contributed by atoms with E-state index >= 15 is 0 Å². The first-order valence-electron chi connectivity index (χ1n) is 7.92. The first-order valence-corrected chi connectivity index (χ1v) is 7.92. The lowest BCUT2D eigenvalue weighted by molar-refractivity contribution is -0.156. The maximum absolute atomic E-state index is 12.4. The molecule has 6 atom stereocenters. The fourth-order valence-electron chi connectivity index (χ4n) is 4.04. The molecule has 0 saturated carbocycles. The largest absolute Gasteiger partial charge is 0.462 e. The van der Waals surface area contributed by atoms with Gasteiger partial charge in [0.1, 0.15) is 24.2 Å². The molecule has 2 bridgehead atoms. The number of aliphatic hydroxyl groups excluding tert-OH is 1. The molecule has 0 amide bonds. The van der Waals surface area contributed by atoms with Gasteiger partial charge < -0.3 is 14.6 Å². The molecular weight excluding hydrogens is 282 g/mol. The van der Waals surface area contributed by atoms with E-state index in [9.17, 15) is 9.90 Å². The van der Waals surface area contributed by atoms with Gasteiger partial charge >= 0.3 is 5.97 Å². The highest BCUT2D eigenvalue weighted by Gasteiger charge is 2.62. The van der Waals surface area contributed by atoms with Crippen LogP contribution in [0.1, 0.15) is 24.3 Å². The predicted molar refractivity (Wildman–Crippen MR) is 79.4 cm³/mol. The van der Waals surface area contributed by atoms with Crippen molar-refractivity contribution in [2.24, 2.45) is 0 Å². The molecule has 3 saturated heterocycles. The van der Waals surface area contributed by atoms with Crippen LogP contribution in [0.3, 0.4) is 0 Å². The smallest absolute Gasteiger partial charge is 0.316 e. The second-order valence-corrected chi connectivity index (χ2v) is 6.54. The Bertz CT molecular complexity index is 545. The molecule has 3 aliphatic heterocycles. The van der Waals surface area contributed by atoms with Crippen molar-refractivity contribution >= 4 is 5.97 Å². The third-order valence-electron chi connectivity index (χ3n) is 5.33. The molecule has 22 heavy (non-hydrogen) atoms. The summed E-state index contributed by atoms with van der Waals surface area (Å²) in [5, 5.41) is 9.56. The number of piperidine rings is 1. The summed E-state index contributed by atoms with van der Waals surface area (Å²) in [5.41, 5.74) is 0.803. The molecule has 0 radical (unpaired) electrons. The first kappa shape index (κ1) is 14.2. The number of fused-ring (bicyclic) bond motifs is 5. The van der Waals surface area contributed by atoms with Crippen LogP contribution in [0.5, 0.6) is 0 Å². The van der Waals surface area contributed by atoms with Gasteiger partial charge in [0.2, 0.25) is 0 Å². The van der Waals surface area contributed by atoms with Crippen molar-refractivity contribution in [2.45, 2.75) is 49.2 Å². The lowest BCUT2D eigenvalue weighted by atomic mass is 9.97. The molecule has 118 valence electrons. The summed E-state index contributed by atoms with van der Waals surface area (Å²) in [5.74, 6) is -0.915. The zero-order chi connectivity index (χ0) is 15.3. The van der Waals surface area contributed by atoms with Crippen molar-refractivity contribution in [3.63, 3.8) is 0 Å². The van der Waals surface area contributed by atoms with Crippen LogP contribution >= 0.6 is 0 Å². The topological polar surface area (TPSA) is 62.3 Å². The number of rotatable bonds is 4. The van der Waals surface area contributed by atoms with Crippen molar-refractivity contribution < 1.29 is 19.4 Å². The summed E-state index contributed by atoms with van der Waals surface area (Å²) in [7, 11) is 2.13. The Balaban J connectivity index is 1.42. The van der Waals surface area contributed by atoms with Crippen molar-refractivity contribution in [3.8, 4) is 0 Å². The summed E-state index contributed by atoms with van der Waals surface area (Å²) >= 11 is 0. The molecule has 0 spiro atoms. The lowest BCUT2D eigenvalue weighted by Crippen LogP contribution is -2.48. The summed E-state index contributed by atoms with van der Waals surface area (Å²) in [6, 6.07) is 10.1. The monoisotopic (exact) mass is 303 g/mol. The molecular formula is C17H21NO4. The van der Waals surface area contributed by atoms with Crippen LogP contribution in [-0.2, 0) is 14.3 Å². The Morgan fingerprint density at radius 2 is 1.95 bits per heavy atom. The Morgan fingerprint density at radius 3 is 2.55 bits per heavy atom. The third-order valence-corrected chi connectivity index (χ3v) is 5.33. The zero-order valence-electron chi connectivity index (χ0n) is 12.6. The molecule has 3 fully saturated rings. The number of nitrogens with zero attached hydrogens (tertiary/aromatic N) is 1. The van der Waals surface area contributed by atoms with Gasteiger partial charge in [-0.2, -0.15) is 0 Å². The maximum Gasteiger partial charge on any atom is 0.316 e. The zero-order valence-corrected chi connectivity index (χ0v) is 12.6. The highest BCUT2D eigenvalue weighted by molar-refractivity contribution is 5.78. The number of aliphatic hydroxyl groups is 1. The van der Waals surface area contributed by atoms with Gasteiger partial charge in [0.05, 0.1) is 6.61 Å². The number of carbonyl (C=O) groups excluding carboxylic acids is 1. The van der Waals surface area contributed by atoms with Crippen LogP contribution in [0.25, 0.3) is 0 Å². The molecule has 1 aromatic rings. The fraction of sp³-hybridized carbons (Fsp3) is 0.588. The molecule has 4 rings (SSSR count). The van der Waals surface area contributed by atoms with Crippen LogP contribution in [0, 0.1) is 0 Å². The van der Waals surface area contributed by atoms with E-state index in [4.69, 9.17) is 9.47 Å². The molecule has 0 aromatic heterocycles. The maximum atomic E-state index is 12.4. The minimum atomic E-state index is -0.593. The van der Waals surface area contributed by atoms with Crippen molar-refractivity contribution in [1.29, 1.82) is 0 Å². The van der Waals surface area contributed by atoms with Gasteiger partial charge in [-0.3, -0.25) is 9.69 Å². The van der Waals surface area contributed by atoms with Crippen molar-refractivity contribution in [3.05, 3.63) is 35.9 Å². The Morgan fingerprint density at radius 1 is 1.32 bits per heavy atom. The molecule has 3 heterocycles. The second-order valence-electron chi connectivity index (χ2n) is 6.54. The number of hydrogen-bond acceptors (Lipinski definition) is 5. The van der Waals surface area contributed by atoms with Crippen LogP contribution < -0.4 is 0 Å². The average molecular weight is 303 g/mol. The Hall–Kier alpha value is -1.43. The normalized spacial score (nSPS) is 37.5. The Labute approximate surface area is 129 Å². The predicted octanol–water partition coefficient (Wildman–Crippen LogP) is 0.918. The number of epoxide rings is 1. The first-order chi connectivity index (χ1) is 10.7. The number of benzene rings is 1. The van der Waals surface area contributed by atoms with Gasteiger partial charge in [0.15, 0.2) is 0 Å². The van der Waals surface area contributed by atoms with Gasteiger partial charge in [-0.05, 0) is 12.6 Å². The SMILES string of the molecule is CN1[C@@H]2C[C@@H](OC(=O)[C@H](CO)c3ccccc3)C[C@H]1C1OC12. The molecule has 5 nitrogen and oxygen atoms in total. The van der Waals surface area contributed by atoms with Gasteiger partial charge in [-0.1, -0.05) is 30.3 Å². The van der Waals surface area contributed by atoms with E-state index in [0.717, 1.165) is 18.4 Å². The van der Waals surface area contributed by atoms with Crippen LogP contribution in [0.4, 0.5) is 0 Å². The van der Waals surface area contributed by atoms with E-state index in [1.54, 1.807) is 0 Å². The van der Waals surface area contributed by atoms with Crippen LogP contribution in [0.15, 0.2) is 30.3 Å². The van der Waals surface area contributed by atoms with E-state index in [2.05, 4.69) is 11.9 Å². The van der Waals surface area contributed by atoms with Crippen LogP contribution in [0.2, 0.25) is 0 Å². The summed E-state index contributed by atoms with van der Waals surface area (Å²) in [6.07, 6.45) is 2.26.